The third-order valence-corrected chi connectivity index (χ3v) is 1.71. The Morgan fingerprint density at radius 2 is 2.12 bits per heavy atom. The Labute approximate surface area is 92.5 Å². The van der Waals surface area contributed by atoms with E-state index in [9.17, 15) is 9.59 Å². The lowest BCUT2D eigenvalue weighted by molar-refractivity contribution is -0.139. The van der Waals surface area contributed by atoms with Crippen LogP contribution in [0, 0.1) is 0 Å². The zero-order chi connectivity index (χ0) is 11.8. The summed E-state index contributed by atoms with van der Waals surface area (Å²) in [5, 5.41) is 0. The molecule has 0 atom stereocenters. The topological polar surface area (TPSA) is 70.4 Å². The molecule has 0 saturated carbocycles. The molecule has 6 heteroatoms. The van der Waals surface area contributed by atoms with Crippen molar-refractivity contribution in [1.82, 2.24) is 9.55 Å². The van der Waals surface area contributed by atoms with Gasteiger partial charge < -0.3 is 14.0 Å². The van der Waals surface area contributed by atoms with Crippen LogP contribution in [-0.2, 0) is 25.6 Å². The van der Waals surface area contributed by atoms with Crippen LogP contribution in [0.3, 0.4) is 0 Å². The van der Waals surface area contributed by atoms with Gasteiger partial charge in [-0.1, -0.05) is 0 Å². The molecule has 0 amide bonds. The molecule has 1 heterocycles. The summed E-state index contributed by atoms with van der Waals surface area (Å²) in [5.74, 6) is -1.17. The lowest BCUT2D eigenvalue weighted by Crippen LogP contribution is -2.09. The molecule has 0 fully saturated rings. The molecule has 0 radical (unpaired) electrons. The molecule has 1 aromatic rings. The summed E-state index contributed by atoms with van der Waals surface area (Å²) in [6, 6.07) is 0. The van der Waals surface area contributed by atoms with Crippen molar-refractivity contribution in [2.75, 3.05) is 13.7 Å². The van der Waals surface area contributed by atoms with Crippen molar-refractivity contribution in [2.24, 2.45) is 0 Å². The minimum atomic E-state index is -0.591. The molecule has 0 aliphatic carbocycles. The van der Waals surface area contributed by atoms with E-state index in [1.54, 1.807) is 23.3 Å². The second kappa shape index (κ2) is 6.39. The van der Waals surface area contributed by atoms with Gasteiger partial charge in [0.05, 0.1) is 20.0 Å². The van der Waals surface area contributed by atoms with Gasteiger partial charge in [-0.3, -0.25) is 0 Å². The minimum absolute atomic E-state index is 0.223. The summed E-state index contributed by atoms with van der Waals surface area (Å²) in [7, 11) is 1.23. The van der Waals surface area contributed by atoms with Gasteiger partial charge in [0.25, 0.3) is 0 Å². The number of carbonyl (C=O) groups excluding carboxylic acids is 2. The fourth-order valence-corrected chi connectivity index (χ4v) is 0.923. The van der Waals surface area contributed by atoms with Crippen LogP contribution >= 0.6 is 0 Å². The van der Waals surface area contributed by atoms with Crippen LogP contribution in [-0.4, -0.2) is 35.2 Å². The van der Waals surface area contributed by atoms with Crippen LogP contribution in [0.4, 0.5) is 0 Å². The van der Waals surface area contributed by atoms with E-state index < -0.39 is 11.9 Å². The monoisotopic (exact) mass is 224 g/mol. The number of methoxy groups -OCH3 is 1. The lowest BCUT2D eigenvalue weighted by atomic mass is 10.5. The standard InChI is InChI=1S/C10H12N2O4/c1-15-9(13)2-3-10(14)16-7-6-12-5-4-11-8-12/h2-5,8H,6-7H2,1H3/b3-2+. The SMILES string of the molecule is COC(=O)/C=C/C(=O)OCCn1ccnc1. The van der Waals surface area contributed by atoms with Crippen LogP contribution in [0.15, 0.2) is 30.9 Å². The van der Waals surface area contributed by atoms with Gasteiger partial charge in [-0.15, -0.1) is 0 Å². The second-order valence-corrected chi connectivity index (χ2v) is 2.82. The first-order chi connectivity index (χ1) is 7.72. The average Bonchev–Trinajstić information content (AvgIpc) is 2.79. The average molecular weight is 224 g/mol. The molecule has 0 aromatic carbocycles. The van der Waals surface area contributed by atoms with E-state index in [0.29, 0.717) is 6.54 Å². The highest BCUT2D eigenvalue weighted by Crippen LogP contribution is 1.89. The molecular weight excluding hydrogens is 212 g/mol. The van der Waals surface area contributed by atoms with Crippen LogP contribution in [0.1, 0.15) is 0 Å². The predicted molar refractivity (Wildman–Crippen MR) is 54.3 cm³/mol. The van der Waals surface area contributed by atoms with E-state index in [1.807, 2.05) is 0 Å². The molecule has 1 rings (SSSR count). The van der Waals surface area contributed by atoms with Gasteiger partial charge in [-0.05, 0) is 0 Å². The Kier molecular flexibility index (Phi) is 4.78. The zero-order valence-electron chi connectivity index (χ0n) is 8.83. The predicted octanol–water partition coefficient (Wildman–Crippen LogP) is 0.155. The van der Waals surface area contributed by atoms with Crippen molar-refractivity contribution in [3.8, 4) is 0 Å². The van der Waals surface area contributed by atoms with Crippen molar-refractivity contribution < 1.29 is 19.1 Å². The highest BCUT2D eigenvalue weighted by Gasteiger charge is 1.99. The number of esters is 2. The van der Waals surface area contributed by atoms with E-state index >= 15 is 0 Å². The molecule has 86 valence electrons. The number of imidazole rings is 1. The molecule has 6 nitrogen and oxygen atoms in total. The fraction of sp³-hybridized carbons (Fsp3) is 0.300. The van der Waals surface area contributed by atoms with E-state index in [0.717, 1.165) is 12.2 Å². The largest absolute Gasteiger partial charge is 0.466 e. The smallest absolute Gasteiger partial charge is 0.331 e. The zero-order valence-corrected chi connectivity index (χ0v) is 8.83. The van der Waals surface area contributed by atoms with E-state index in [-0.39, 0.29) is 6.61 Å². The quantitative estimate of drug-likeness (QED) is 0.526. The lowest BCUT2D eigenvalue weighted by Gasteiger charge is -2.02. The maximum absolute atomic E-state index is 11.1. The first kappa shape index (κ1) is 12.0. The van der Waals surface area contributed by atoms with Crippen LogP contribution in [0.2, 0.25) is 0 Å². The molecule has 0 bridgehead atoms. The van der Waals surface area contributed by atoms with Crippen LogP contribution in [0.5, 0.6) is 0 Å². The number of aromatic nitrogens is 2. The first-order valence-corrected chi connectivity index (χ1v) is 4.61. The number of hydrogen-bond acceptors (Lipinski definition) is 5. The maximum atomic E-state index is 11.1. The summed E-state index contributed by atoms with van der Waals surface area (Å²) >= 11 is 0. The molecule has 16 heavy (non-hydrogen) atoms. The molecule has 1 aromatic heterocycles. The van der Waals surface area contributed by atoms with Gasteiger partial charge in [-0.25, -0.2) is 14.6 Å². The summed E-state index contributed by atoms with van der Waals surface area (Å²) < 4.78 is 10.9. The molecule has 0 saturated heterocycles. The molecule has 0 aliphatic rings. The molecule has 0 N–H and O–H groups in total. The third kappa shape index (κ3) is 4.41. The second-order valence-electron chi connectivity index (χ2n) is 2.82. The van der Waals surface area contributed by atoms with E-state index in [2.05, 4.69) is 9.72 Å². The highest BCUT2D eigenvalue weighted by atomic mass is 16.5. The van der Waals surface area contributed by atoms with E-state index in [4.69, 9.17) is 4.74 Å². The van der Waals surface area contributed by atoms with Crippen molar-refractivity contribution in [3.05, 3.63) is 30.9 Å². The summed E-state index contributed by atoms with van der Waals surface area (Å²) in [4.78, 5) is 25.5. The highest BCUT2D eigenvalue weighted by molar-refractivity contribution is 5.91. The van der Waals surface area contributed by atoms with Crippen molar-refractivity contribution in [3.63, 3.8) is 0 Å². The Hall–Kier alpha value is -2.11. The van der Waals surface area contributed by atoms with Gasteiger partial charge in [0, 0.05) is 24.5 Å². The Morgan fingerprint density at radius 1 is 1.38 bits per heavy atom. The van der Waals surface area contributed by atoms with Gasteiger partial charge in [0.15, 0.2) is 0 Å². The number of hydrogen-bond donors (Lipinski definition) is 0. The van der Waals surface area contributed by atoms with Crippen LogP contribution in [0.25, 0.3) is 0 Å². The molecule has 0 aliphatic heterocycles. The Morgan fingerprint density at radius 3 is 2.75 bits per heavy atom. The molecular formula is C10H12N2O4. The molecule has 0 spiro atoms. The number of nitrogens with zero attached hydrogens (tertiary/aromatic N) is 2. The number of carbonyl (C=O) groups is 2. The van der Waals surface area contributed by atoms with Gasteiger partial charge in [0.2, 0.25) is 0 Å². The van der Waals surface area contributed by atoms with Crippen molar-refractivity contribution >= 4 is 11.9 Å². The van der Waals surface area contributed by atoms with Crippen molar-refractivity contribution in [1.29, 1.82) is 0 Å². The fourth-order valence-electron chi connectivity index (χ4n) is 0.923. The van der Waals surface area contributed by atoms with Crippen molar-refractivity contribution in [2.45, 2.75) is 6.54 Å². The number of ether oxygens (including phenoxy) is 2. The number of rotatable bonds is 5. The Balaban J connectivity index is 2.20. The summed E-state index contributed by atoms with van der Waals surface area (Å²) in [6.45, 7) is 0.749. The normalized spacial score (nSPS) is 10.3. The van der Waals surface area contributed by atoms with Crippen LogP contribution < -0.4 is 0 Å². The summed E-state index contributed by atoms with van der Waals surface area (Å²) in [5.41, 5.74) is 0. The minimum Gasteiger partial charge on any atom is -0.466 e. The van der Waals surface area contributed by atoms with Gasteiger partial charge in [0.1, 0.15) is 6.61 Å². The van der Waals surface area contributed by atoms with Gasteiger partial charge in [-0.2, -0.15) is 0 Å². The Bertz CT molecular complexity index is 370. The molecule has 0 unspecified atom stereocenters. The van der Waals surface area contributed by atoms with E-state index in [1.165, 1.54) is 7.11 Å². The third-order valence-electron chi connectivity index (χ3n) is 1.71. The first-order valence-electron chi connectivity index (χ1n) is 4.61. The maximum Gasteiger partial charge on any atom is 0.331 e. The van der Waals surface area contributed by atoms with Gasteiger partial charge >= 0.3 is 11.9 Å². The summed E-state index contributed by atoms with van der Waals surface area (Å²) in [6.07, 6.45) is 7.06.